The summed E-state index contributed by atoms with van der Waals surface area (Å²) < 4.78 is 7.16. The third kappa shape index (κ3) is 3.95. The van der Waals surface area contributed by atoms with Gasteiger partial charge in [0.2, 0.25) is 0 Å². The minimum Gasteiger partial charge on any atom is -0.457 e. The van der Waals surface area contributed by atoms with E-state index in [0.717, 1.165) is 25.2 Å². The molecule has 22 heavy (non-hydrogen) atoms. The highest BCUT2D eigenvalue weighted by Gasteiger charge is 2.16. The van der Waals surface area contributed by atoms with Crippen LogP contribution in [0.3, 0.4) is 0 Å². The second kappa shape index (κ2) is 7.22. The molecule has 2 aromatic rings. The molecular weight excluding hydrogens is 278 g/mol. The number of piperidine rings is 1. The van der Waals surface area contributed by atoms with Gasteiger partial charge in [-0.25, -0.2) is 4.79 Å². The van der Waals surface area contributed by atoms with Gasteiger partial charge in [-0.05, 0) is 37.4 Å². The first kappa shape index (κ1) is 14.8. The molecule has 116 valence electrons. The fourth-order valence-corrected chi connectivity index (χ4v) is 2.72. The Balaban J connectivity index is 1.52. The highest BCUT2D eigenvalue weighted by Crippen LogP contribution is 2.13. The third-order valence-electron chi connectivity index (χ3n) is 3.93. The summed E-state index contributed by atoms with van der Waals surface area (Å²) in [4.78, 5) is 12.0. The van der Waals surface area contributed by atoms with Crippen molar-refractivity contribution < 1.29 is 9.53 Å². The summed E-state index contributed by atoms with van der Waals surface area (Å²) in [6, 6.07) is 9.67. The van der Waals surface area contributed by atoms with Crippen LogP contribution in [0.2, 0.25) is 0 Å². The largest absolute Gasteiger partial charge is 0.457 e. The van der Waals surface area contributed by atoms with Crippen LogP contribution in [-0.4, -0.2) is 28.8 Å². The Morgan fingerprint density at radius 3 is 3.00 bits per heavy atom. The van der Waals surface area contributed by atoms with Crippen LogP contribution in [-0.2, 0) is 17.9 Å². The van der Waals surface area contributed by atoms with Crippen LogP contribution < -0.4 is 5.32 Å². The lowest BCUT2D eigenvalue weighted by molar-refractivity contribution is 0.0472. The molecule has 3 rings (SSSR count). The molecule has 0 saturated carbocycles. The maximum atomic E-state index is 12.0. The molecule has 1 aromatic heterocycles. The Hall–Kier alpha value is -2.14. The molecule has 2 heterocycles. The SMILES string of the molecule is O=C(OCc1ccccc1)c1cnn(CC2CCCNC2)c1. The molecule has 0 amide bonds. The van der Waals surface area contributed by atoms with Gasteiger partial charge in [0.1, 0.15) is 6.61 Å². The molecule has 1 N–H and O–H groups in total. The Morgan fingerprint density at radius 1 is 1.36 bits per heavy atom. The van der Waals surface area contributed by atoms with Gasteiger partial charge in [0.15, 0.2) is 0 Å². The second-order valence-electron chi connectivity index (χ2n) is 5.73. The molecule has 0 spiro atoms. The molecule has 0 radical (unpaired) electrons. The van der Waals surface area contributed by atoms with Gasteiger partial charge in [-0.3, -0.25) is 4.68 Å². The van der Waals surface area contributed by atoms with Crippen molar-refractivity contribution in [1.82, 2.24) is 15.1 Å². The molecule has 0 bridgehead atoms. The van der Waals surface area contributed by atoms with Crippen molar-refractivity contribution in [1.29, 1.82) is 0 Å². The summed E-state index contributed by atoms with van der Waals surface area (Å²) in [7, 11) is 0. The second-order valence-corrected chi connectivity index (χ2v) is 5.73. The van der Waals surface area contributed by atoms with Gasteiger partial charge in [-0.15, -0.1) is 0 Å². The standard InChI is InChI=1S/C17H21N3O2/c21-17(22-13-14-5-2-1-3-6-14)16-10-19-20(12-16)11-15-7-4-8-18-9-15/h1-3,5-6,10,12,15,18H,4,7-9,11,13H2. The molecule has 1 aromatic carbocycles. The summed E-state index contributed by atoms with van der Waals surface area (Å²) in [5.74, 6) is 0.263. The maximum Gasteiger partial charge on any atom is 0.341 e. The number of benzene rings is 1. The van der Waals surface area contributed by atoms with Gasteiger partial charge in [-0.2, -0.15) is 5.10 Å². The topological polar surface area (TPSA) is 56.1 Å². The zero-order chi connectivity index (χ0) is 15.2. The van der Waals surface area contributed by atoms with Gasteiger partial charge in [0.05, 0.1) is 11.8 Å². The third-order valence-corrected chi connectivity index (χ3v) is 3.93. The molecule has 1 atom stereocenters. The first-order valence-corrected chi connectivity index (χ1v) is 7.75. The minimum absolute atomic E-state index is 0.289. The Morgan fingerprint density at radius 2 is 2.23 bits per heavy atom. The lowest BCUT2D eigenvalue weighted by Crippen LogP contribution is -2.32. The molecule has 0 aliphatic carbocycles. The first-order chi connectivity index (χ1) is 10.8. The molecule has 1 aliphatic heterocycles. The monoisotopic (exact) mass is 299 g/mol. The molecule has 1 saturated heterocycles. The molecule has 5 nitrogen and oxygen atoms in total. The van der Waals surface area contributed by atoms with E-state index in [9.17, 15) is 4.79 Å². The van der Waals surface area contributed by atoms with E-state index < -0.39 is 0 Å². The fourth-order valence-electron chi connectivity index (χ4n) is 2.72. The predicted molar refractivity (Wildman–Crippen MR) is 83.4 cm³/mol. The van der Waals surface area contributed by atoms with Crippen LogP contribution in [0.1, 0.15) is 28.8 Å². The van der Waals surface area contributed by atoms with Crippen molar-refractivity contribution in [3.05, 3.63) is 53.9 Å². The smallest absolute Gasteiger partial charge is 0.341 e. The number of hydrogen-bond donors (Lipinski definition) is 1. The van der Waals surface area contributed by atoms with Crippen molar-refractivity contribution in [3.63, 3.8) is 0 Å². The van der Waals surface area contributed by atoms with Crippen molar-refractivity contribution in [2.75, 3.05) is 13.1 Å². The van der Waals surface area contributed by atoms with E-state index in [1.807, 2.05) is 35.0 Å². The average Bonchev–Trinajstić information content (AvgIpc) is 3.03. The summed E-state index contributed by atoms with van der Waals surface area (Å²) in [6.45, 7) is 3.26. The number of carbonyl (C=O) groups is 1. The number of nitrogens with zero attached hydrogens (tertiary/aromatic N) is 2. The molecule has 1 fully saturated rings. The van der Waals surface area contributed by atoms with E-state index in [-0.39, 0.29) is 12.6 Å². The van der Waals surface area contributed by atoms with Crippen molar-refractivity contribution in [2.24, 2.45) is 5.92 Å². The summed E-state index contributed by atoms with van der Waals surface area (Å²) in [5.41, 5.74) is 1.50. The quantitative estimate of drug-likeness (QED) is 0.860. The predicted octanol–water partition coefficient (Wildman–Crippen LogP) is 2.24. The van der Waals surface area contributed by atoms with Crippen LogP contribution in [0.4, 0.5) is 0 Å². The number of carbonyl (C=O) groups excluding carboxylic acids is 1. The van der Waals surface area contributed by atoms with Crippen LogP contribution in [0.15, 0.2) is 42.7 Å². The van der Waals surface area contributed by atoms with Crippen molar-refractivity contribution in [2.45, 2.75) is 26.0 Å². The van der Waals surface area contributed by atoms with E-state index in [4.69, 9.17) is 4.74 Å². The normalized spacial score (nSPS) is 18.1. The number of nitrogens with one attached hydrogen (secondary N) is 1. The fraction of sp³-hybridized carbons (Fsp3) is 0.412. The number of esters is 1. The number of aromatic nitrogens is 2. The van der Waals surface area contributed by atoms with E-state index in [1.165, 1.54) is 12.8 Å². The average molecular weight is 299 g/mol. The minimum atomic E-state index is -0.322. The van der Waals surface area contributed by atoms with Crippen molar-refractivity contribution >= 4 is 5.97 Å². The first-order valence-electron chi connectivity index (χ1n) is 7.75. The van der Waals surface area contributed by atoms with Crippen molar-refractivity contribution in [3.8, 4) is 0 Å². The summed E-state index contributed by atoms with van der Waals surface area (Å²) in [6.07, 6.45) is 5.78. The molecule has 1 aliphatic rings. The Labute approximate surface area is 130 Å². The lowest BCUT2D eigenvalue weighted by Gasteiger charge is -2.22. The molecule has 1 unspecified atom stereocenters. The van der Waals surface area contributed by atoms with Gasteiger partial charge in [0, 0.05) is 12.7 Å². The Bertz CT molecular complexity index is 603. The summed E-state index contributed by atoms with van der Waals surface area (Å²) in [5, 5.41) is 7.66. The maximum absolute atomic E-state index is 12.0. The van der Waals surface area contributed by atoms with Crippen LogP contribution in [0.25, 0.3) is 0 Å². The highest BCUT2D eigenvalue weighted by atomic mass is 16.5. The zero-order valence-electron chi connectivity index (χ0n) is 12.6. The van der Waals surface area contributed by atoms with Gasteiger partial charge < -0.3 is 10.1 Å². The van der Waals surface area contributed by atoms with E-state index in [1.54, 1.807) is 12.4 Å². The van der Waals surface area contributed by atoms with E-state index in [0.29, 0.717) is 11.5 Å². The molecule has 5 heteroatoms. The number of rotatable bonds is 5. The highest BCUT2D eigenvalue weighted by molar-refractivity contribution is 5.88. The number of ether oxygens (including phenoxy) is 1. The van der Waals surface area contributed by atoms with Gasteiger partial charge in [-0.1, -0.05) is 30.3 Å². The zero-order valence-corrected chi connectivity index (χ0v) is 12.6. The van der Waals surface area contributed by atoms with Crippen LogP contribution >= 0.6 is 0 Å². The van der Waals surface area contributed by atoms with Gasteiger partial charge >= 0.3 is 5.97 Å². The van der Waals surface area contributed by atoms with Crippen LogP contribution in [0, 0.1) is 5.92 Å². The van der Waals surface area contributed by atoms with E-state index in [2.05, 4.69) is 10.4 Å². The van der Waals surface area contributed by atoms with Gasteiger partial charge in [0.25, 0.3) is 0 Å². The molecular formula is C17H21N3O2. The van der Waals surface area contributed by atoms with Crippen LogP contribution in [0.5, 0.6) is 0 Å². The van der Waals surface area contributed by atoms with E-state index >= 15 is 0 Å². The Kier molecular flexibility index (Phi) is 4.85. The number of hydrogen-bond acceptors (Lipinski definition) is 4. The summed E-state index contributed by atoms with van der Waals surface area (Å²) >= 11 is 0. The lowest BCUT2D eigenvalue weighted by atomic mass is 10.00.